The summed E-state index contributed by atoms with van der Waals surface area (Å²) in [7, 11) is 0. The molecule has 0 aromatic heterocycles. The Morgan fingerprint density at radius 1 is 1.21 bits per heavy atom. The van der Waals surface area contributed by atoms with E-state index in [1.165, 1.54) is 12.0 Å². The minimum Gasteiger partial charge on any atom is -0.0916 e. The zero-order valence-corrected chi connectivity index (χ0v) is 9.46. The van der Waals surface area contributed by atoms with Gasteiger partial charge in [0.1, 0.15) is 0 Å². The van der Waals surface area contributed by atoms with Crippen molar-refractivity contribution in [1.82, 2.24) is 0 Å². The van der Waals surface area contributed by atoms with Gasteiger partial charge in [-0.15, -0.1) is 0 Å². The quantitative estimate of drug-likeness (QED) is 0.617. The highest BCUT2D eigenvalue weighted by atomic mass is 14.3. The second-order valence-corrected chi connectivity index (χ2v) is 4.05. The molecular formula is C14H20. The van der Waals surface area contributed by atoms with Gasteiger partial charge in [-0.1, -0.05) is 56.3 Å². The molecule has 0 nitrogen and oxygen atoms in total. The summed E-state index contributed by atoms with van der Waals surface area (Å²) in [5.41, 5.74) is 1.74. The molecule has 0 saturated heterocycles. The topological polar surface area (TPSA) is 0 Å². The van der Waals surface area contributed by atoms with Crippen molar-refractivity contribution in [1.29, 1.82) is 0 Å². The largest absolute Gasteiger partial charge is 0.0916 e. The SMILES string of the molecule is CC=CCC(C)(CC)c1ccccc1. The lowest BCUT2D eigenvalue weighted by atomic mass is 9.77. The Labute approximate surface area is 87.7 Å². The molecule has 0 fully saturated rings. The standard InChI is InChI=1S/C14H20/c1-4-6-12-14(3,5-2)13-10-8-7-9-11-13/h4,6-11H,5,12H2,1-3H3. The Bertz CT molecular complexity index is 284. The van der Waals surface area contributed by atoms with E-state index in [2.05, 4.69) is 63.3 Å². The van der Waals surface area contributed by atoms with Crippen molar-refractivity contribution in [2.24, 2.45) is 0 Å². The van der Waals surface area contributed by atoms with Gasteiger partial charge in [-0.2, -0.15) is 0 Å². The monoisotopic (exact) mass is 188 g/mol. The van der Waals surface area contributed by atoms with E-state index in [1.807, 2.05) is 0 Å². The van der Waals surface area contributed by atoms with Crippen molar-refractivity contribution < 1.29 is 0 Å². The van der Waals surface area contributed by atoms with Gasteiger partial charge in [0.05, 0.1) is 0 Å². The van der Waals surface area contributed by atoms with Crippen LogP contribution in [0.1, 0.15) is 39.2 Å². The summed E-state index contributed by atoms with van der Waals surface area (Å²) in [6.07, 6.45) is 6.71. The molecule has 0 aliphatic rings. The molecule has 1 aromatic rings. The van der Waals surface area contributed by atoms with E-state index in [0.717, 1.165) is 6.42 Å². The third kappa shape index (κ3) is 2.47. The van der Waals surface area contributed by atoms with Crippen LogP contribution in [0.25, 0.3) is 0 Å². The van der Waals surface area contributed by atoms with Gasteiger partial charge in [-0.3, -0.25) is 0 Å². The maximum Gasteiger partial charge on any atom is -0.00434 e. The molecular weight excluding hydrogens is 168 g/mol. The first-order chi connectivity index (χ1) is 6.73. The minimum absolute atomic E-state index is 0.299. The Morgan fingerprint density at radius 3 is 2.36 bits per heavy atom. The highest BCUT2D eigenvalue weighted by molar-refractivity contribution is 5.25. The third-order valence-corrected chi connectivity index (χ3v) is 3.06. The van der Waals surface area contributed by atoms with E-state index < -0.39 is 0 Å². The lowest BCUT2D eigenvalue weighted by Crippen LogP contribution is -2.19. The summed E-state index contributed by atoms with van der Waals surface area (Å²) in [6, 6.07) is 10.8. The fourth-order valence-corrected chi connectivity index (χ4v) is 1.68. The van der Waals surface area contributed by atoms with Crippen molar-refractivity contribution in [2.45, 2.75) is 39.0 Å². The van der Waals surface area contributed by atoms with E-state index in [0.29, 0.717) is 5.41 Å². The van der Waals surface area contributed by atoms with Crippen LogP contribution in [0.2, 0.25) is 0 Å². The fraction of sp³-hybridized carbons (Fsp3) is 0.429. The molecule has 0 bridgehead atoms. The fourth-order valence-electron chi connectivity index (χ4n) is 1.68. The first-order valence-corrected chi connectivity index (χ1v) is 5.39. The van der Waals surface area contributed by atoms with Crippen molar-refractivity contribution in [2.75, 3.05) is 0 Å². The number of hydrogen-bond acceptors (Lipinski definition) is 0. The van der Waals surface area contributed by atoms with Gasteiger partial charge in [-0.25, -0.2) is 0 Å². The molecule has 0 amide bonds. The lowest BCUT2D eigenvalue weighted by Gasteiger charge is -2.27. The van der Waals surface area contributed by atoms with Crippen molar-refractivity contribution in [3.63, 3.8) is 0 Å². The molecule has 0 aliphatic heterocycles. The smallest absolute Gasteiger partial charge is 0.00434 e. The van der Waals surface area contributed by atoms with E-state index in [1.54, 1.807) is 0 Å². The molecule has 1 atom stereocenters. The minimum atomic E-state index is 0.299. The highest BCUT2D eigenvalue weighted by Crippen LogP contribution is 2.31. The van der Waals surface area contributed by atoms with Gasteiger partial charge in [-0.05, 0) is 30.7 Å². The molecule has 0 saturated carbocycles. The molecule has 1 unspecified atom stereocenters. The average molecular weight is 188 g/mol. The van der Waals surface area contributed by atoms with Crippen LogP contribution in [-0.4, -0.2) is 0 Å². The summed E-state index contributed by atoms with van der Waals surface area (Å²) in [4.78, 5) is 0. The van der Waals surface area contributed by atoms with E-state index in [-0.39, 0.29) is 0 Å². The Kier molecular flexibility index (Phi) is 3.94. The molecule has 1 aromatic carbocycles. The molecule has 76 valence electrons. The van der Waals surface area contributed by atoms with Crippen molar-refractivity contribution in [3.05, 3.63) is 48.0 Å². The van der Waals surface area contributed by atoms with Crippen LogP contribution in [0.5, 0.6) is 0 Å². The summed E-state index contributed by atoms with van der Waals surface area (Å²) in [5.74, 6) is 0. The molecule has 0 N–H and O–H groups in total. The van der Waals surface area contributed by atoms with Crippen LogP contribution in [-0.2, 0) is 5.41 Å². The summed E-state index contributed by atoms with van der Waals surface area (Å²) < 4.78 is 0. The van der Waals surface area contributed by atoms with Crippen LogP contribution in [0.3, 0.4) is 0 Å². The predicted octanol–water partition coefficient (Wildman–Crippen LogP) is 4.32. The maximum absolute atomic E-state index is 2.34. The summed E-state index contributed by atoms with van der Waals surface area (Å²) in [5, 5.41) is 0. The average Bonchev–Trinajstić information content (AvgIpc) is 2.27. The normalized spacial score (nSPS) is 15.6. The Morgan fingerprint density at radius 2 is 1.86 bits per heavy atom. The molecule has 14 heavy (non-hydrogen) atoms. The van der Waals surface area contributed by atoms with Gasteiger partial charge in [0.2, 0.25) is 0 Å². The number of allylic oxidation sites excluding steroid dienone is 2. The lowest BCUT2D eigenvalue weighted by molar-refractivity contribution is 0.461. The number of hydrogen-bond donors (Lipinski definition) is 0. The summed E-state index contributed by atoms with van der Waals surface area (Å²) in [6.45, 7) is 6.68. The Balaban J connectivity index is 2.89. The van der Waals surface area contributed by atoms with Gasteiger partial charge in [0.25, 0.3) is 0 Å². The van der Waals surface area contributed by atoms with E-state index in [9.17, 15) is 0 Å². The van der Waals surface area contributed by atoms with Crippen LogP contribution in [0.15, 0.2) is 42.5 Å². The first kappa shape index (κ1) is 11.0. The number of benzene rings is 1. The molecule has 0 heteroatoms. The molecule has 1 rings (SSSR count). The van der Waals surface area contributed by atoms with Crippen molar-refractivity contribution in [3.8, 4) is 0 Å². The Hall–Kier alpha value is -1.04. The highest BCUT2D eigenvalue weighted by Gasteiger charge is 2.22. The number of rotatable bonds is 4. The predicted molar refractivity (Wildman–Crippen MR) is 63.5 cm³/mol. The van der Waals surface area contributed by atoms with E-state index >= 15 is 0 Å². The van der Waals surface area contributed by atoms with Gasteiger partial charge < -0.3 is 0 Å². The van der Waals surface area contributed by atoms with Crippen LogP contribution < -0.4 is 0 Å². The van der Waals surface area contributed by atoms with E-state index in [4.69, 9.17) is 0 Å². The molecule has 0 aliphatic carbocycles. The second kappa shape index (κ2) is 4.99. The zero-order chi connectivity index (χ0) is 10.4. The second-order valence-electron chi connectivity index (χ2n) is 4.05. The summed E-state index contributed by atoms with van der Waals surface area (Å²) >= 11 is 0. The van der Waals surface area contributed by atoms with Crippen LogP contribution >= 0.6 is 0 Å². The molecule has 0 spiro atoms. The van der Waals surface area contributed by atoms with Crippen LogP contribution in [0.4, 0.5) is 0 Å². The van der Waals surface area contributed by atoms with Gasteiger partial charge in [0, 0.05) is 0 Å². The van der Waals surface area contributed by atoms with Gasteiger partial charge in [0.15, 0.2) is 0 Å². The van der Waals surface area contributed by atoms with Crippen molar-refractivity contribution >= 4 is 0 Å². The zero-order valence-electron chi connectivity index (χ0n) is 9.46. The van der Waals surface area contributed by atoms with Gasteiger partial charge >= 0.3 is 0 Å². The first-order valence-electron chi connectivity index (χ1n) is 5.39. The molecule has 0 heterocycles. The third-order valence-electron chi connectivity index (χ3n) is 3.06. The van der Waals surface area contributed by atoms with Crippen LogP contribution in [0, 0.1) is 0 Å². The molecule has 0 radical (unpaired) electrons. The maximum atomic E-state index is 2.34.